The van der Waals surface area contributed by atoms with E-state index < -0.39 is 0 Å². The van der Waals surface area contributed by atoms with Crippen LogP contribution in [0.3, 0.4) is 0 Å². The molecule has 0 bridgehead atoms. The molecule has 128 valence electrons. The molecule has 0 saturated heterocycles. The number of ether oxygens (including phenoxy) is 1. The van der Waals surface area contributed by atoms with Gasteiger partial charge in [-0.05, 0) is 42.0 Å². The lowest BCUT2D eigenvalue weighted by Crippen LogP contribution is -2.24. The number of carbonyl (C=O) groups excluding carboxylic acids is 1. The lowest BCUT2D eigenvalue weighted by Gasteiger charge is -2.09. The minimum Gasteiger partial charge on any atom is -0.456 e. The summed E-state index contributed by atoms with van der Waals surface area (Å²) in [5, 5.41) is 11.9. The molecule has 6 nitrogen and oxygen atoms in total. The van der Waals surface area contributed by atoms with Crippen LogP contribution in [0.5, 0.6) is 11.5 Å². The number of amides is 1. The Labute approximate surface area is 150 Å². The van der Waals surface area contributed by atoms with Crippen molar-refractivity contribution in [2.75, 3.05) is 5.73 Å². The van der Waals surface area contributed by atoms with Gasteiger partial charge in [0.05, 0.1) is 11.1 Å². The minimum absolute atomic E-state index is 0.199. The Morgan fingerprint density at radius 3 is 2.62 bits per heavy atom. The van der Waals surface area contributed by atoms with Crippen molar-refractivity contribution in [3.8, 4) is 17.6 Å². The smallest absolute Gasteiger partial charge is 0.255 e. The predicted octanol–water partition coefficient (Wildman–Crippen LogP) is 3.26. The zero-order valence-electron chi connectivity index (χ0n) is 13.8. The molecule has 0 fully saturated rings. The number of benzene rings is 2. The number of nitriles is 1. The largest absolute Gasteiger partial charge is 0.456 e. The third kappa shape index (κ3) is 3.97. The number of nitrogens with two attached hydrogens (primary N) is 1. The number of nitrogens with one attached hydrogen (secondary N) is 1. The quantitative estimate of drug-likeness (QED) is 0.740. The summed E-state index contributed by atoms with van der Waals surface area (Å²) < 4.78 is 5.73. The second-order valence-corrected chi connectivity index (χ2v) is 5.47. The number of anilines is 1. The SMILES string of the molecule is N#Cc1ccccc1Oc1ccc(CNC(=O)c2cccnc2N)cc1. The summed E-state index contributed by atoms with van der Waals surface area (Å²) in [5.74, 6) is 1.03. The standard InChI is InChI=1S/C20H16N4O2/c21-12-15-4-1-2-6-18(15)26-16-9-7-14(8-10-16)13-24-20(25)17-5-3-11-23-19(17)22/h1-11H,13H2,(H2,22,23)(H,24,25). The third-order valence-electron chi connectivity index (χ3n) is 3.69. The molecule has 0 radical (unpaired) electrons. The Bertz CT molecular complexity index is 962. The van der Waals surface area contributed by atoms with E-state index in [0.717, 1.165) is 5.56 Å². The summed E-state index contributed by atoms with van der Waals surface area (Å²) in [6.07, 6.45) is 1.54. The van der Waals surface area contributed by atoms with Crippen LogP contribution in [0.25, 0.3) is 0 Å². The maximum absolute atomic E-state index is 12.1. The predicted molar refractivity (Wildman–Crippen MR) is 97.5 cm³/mol. The van der Waals surface area contributed by atoms with E-state index in [9.17, 15) is 4.79 Å². The molecular formula is C20H16N4O2. The lowest BCUT2D eigenvalue weighted by atomic mass is 10.2. The normalized spacial score (nSPS) is 9.96. The van der Waals surface area contributed by atoms with E-state index in [1.54, 1.807) is 42.5 Å². The molecule has 0 spiro atoms. The van der Waals surface area contributed by atoms with E-state index in [2.05, 4.69) is 16.4 Å². The summed E-state index contributed by atoms with van der Waals surface area (Å²) in [6.45, 7) is 0.349. The highest BCUT2D eigenvalue weighted by Crippen LogP contribution is 2.24. The molecule has 0 saturated carbocycles. The van der Waals surface area contributed by atoms with Crippen molar-refractivity contribution in [2.45, 2.75) is 6.54 Å². The first-order valence-electron chi connectivity index (χ1n) is 7.92. The molecule has 3 rings (SSSR count). The van der Waals surface area contributed by atoms with E-state index in [-0.39, 0.29) is 11.7 Å². The number of pyridine rings is 1. The van der Waals surface area contributed by atoms with Crippen LogP contribution in [0.15, 0.2) is 66.9 Å². The Morgan fingerprint density at radius 2 is 1.88 bits per heavy atom. The summed E-state index contributed by atoms with van der Waals surface area (Å²) in [4.78, 5) is 16.0. The van der Waals surface area contributed by atoms with Crippen molar-refractivity contribution < 1.29 is 9.53 Å². The monoisotopic (exact) mass is 344 g/mol. The number of carbonyl (C=O) groups is 1. The molecule has 3 aromatic rings. The van der Waals surface area contributed by atoms with Crippen molar-refractivity contribution in [3.05, 3.63) is 83.6 Å². The Balaban J connectivity index is 1.62. The van der Waals surface area contributed by atoms with Gasteiger partial charge in [-0.3, -0.25) is 4.79 Å². The molecule has 0 aliphatic carbocycles. The van der Waals surface area contributed by atoms with Crippen LogP contribution >= 0.6 is 0 Å². The van der Waals surface area contributed by atoms with Gasteiger partial charge in [0.15, 0.2) is 0 Å². The van der Waals surface area contributed by atoms with Crippen LogP contribution < -0.4 is 15.8 Å². The fourth-order valence-electron chi connectivity index (χ4n) is 2.34. The highest BCUT2D eigenvalue weighted by Gasteiger charge is 2.09. The highest BCUT2D eigenvalue weighted by atomic mass is 16.5. The molecule has 1 heterocycles. The van der Waals surface area contributed by atoms with Gasteiger partial charge in [-0.15, -0.1) is 0 Å². The zero-order chi connectivity index (χ0) is 18.4. The summed E-state index contributed by atoms with van der Waals surface area (Å²) >= 11 is 0. The van der Waals surface area contributed by atoms with Gasteiger partial charge in [0.2, 0.25) is 0 Å². The van der Waals surface area contributed by atoms with Crippen molar-refractivity contribution in [3.63, 3.8) is 0 Å². The molecule has 6 heteroatoms. The molecule has 0 atom stereocenters. The summed E-state index contributed by atoms with van der Waals surface area (Å²) in [5.41, 5.74) is 7.42. The van der Waals surface area contributed by atoms with Crippen LogP contribution in [0, 0.1) is 11.3 Å². The first-order chi connectivity index (χ1) is 12.7. The van der Waals surface area contributed by atoms with Crippen LogP contribution in [0.2, 0.25) is 0 Å². The number of para-hydroxylation sites is 1. The molecular weight excluding hydrogens is 328 g/mol. The van der Waals surface area contributed by atoms with Gasteiger partial charge < -0.3 is 15.8 Å². The maximum atomic E-state index is 12.1. The van der Waals surface area contributed by atoms with Gasteiger partial charge >= 0.3 is 0 Å². The third-order valence-corrected chi connectivity index (χ3v) is 3.69. The Kier molecular flexibility index (Phi) is 5.11. The van der Waals surface area contributed by atoms with Crippen LogP contribution in [-0.2, 0) is 6.54 Å². The van der Waals surface area contributed by atoms with Gasteiger partial charge in [-0.2, -0.15) is 5.26 Å². The molecule has 2 aromatic carbocycles. The number of hydrogen-bond donors (Lipinski definition) is 2. The van der Waals surface area contributed by atoms with Gasteiger partial charge in [-0.1, -0.05) is 24.3 Å². The Hall–Kier alpha value is -3.85. The maximum Gasteiger partial charge on any atom is 0.255 e. The van der Waals surface area contributed by atoms with E-state index in [1.807, 2.05) is 18.2 Å². The number of hydrogen-bond acceptors (Lipinski definition) is 5. The van der Waals surface area contributed by atoms with E-state index >= 15 is 0 Å². The average molecular weight is 344 g/mol. The summed E-state index contributed by atoms with van der Waals surface area (Å²) in [7, 11) is 0. The van der Waals surface area contributed by atoms with Gasteiger partial charge in [0.1, 0.15) is 23.4 Å². The average Bonchev–Trinajstić information content (AvgIpc) is 2.68. The lowest BCUT2D eigenvalue weighted by molar-refractivity contribution is 0.0951. The van der Waals surface area contributed by atoms with Crippen LogP contribution in [0.1, 0.15) is 21.5 Å². The highest BCUT2D eigenvalue weighted by molar-refractivity contribution is 5.98. The topological polar surface area (TPSA) is 101 Å². The number of rotatable bonds is 5. The number of nitrogens with zero attached hydrogens (tertiary/aromatic N) is 2. The molecule has 1 aromatic heterocycles. The molecule has 1 amide bonds. The van der Waals surface area contributed by atoms with Crippen molar-refractivity contribution in [1.29, 1.82) is 5.26 Å². The van der Waals surface area contributed by atoms with E-state index in [0.29, 0.717) is 29.2 Å². The van der Waals surface area contributed by atoms with Gasteiger partial charge in [0, 0.05) is 12.7 Å². The Morgan fingerprint density at radius 1 is 1.12 bits per heavy atom. The molecule has 0 aliphatic rings. The molecule has 0 unspecified atom stereocenters. The fourth-order valence-corrected chi connectivity index (χ4v) is 2.34. The zero-order valence-corrected chi connectivity index (χ0v) is 13.8. The van der Waals surface area contributed by atoms with Gasteiger partial charge in [-0.25, -0.2) is 4.98 Å². The van der Waals surface area contributed by atoms with E-state index in [4.69, 9.17) is 15.7 Å². The van der Waals surface area contributed by atoms with Crippen molar-refractivity contribution in [1.82, 2.24) is 10.3 Å². The second kappa shape index (κ2) is 7.81. The summed E-state index contributed by atoms with van der Waals surface area (Å²) in [6, 6.07) is 19.7. The van der Waals surface area contributed by atoms with Crippen LogP contribution in [0.4, 0.5) is 5.82 Å². The van der Waals surface area contributed by atoms with Gasteiger partial charge in [0.25, 0.3) is 5.91 Å². The minimum atomic E-state index is -0.279. The number of aromatic nitrogens is 1. The molecule has 3 N–H and O–H groups in total. The molecule has 0 aliphatic heterocycles. The second-order valence-electron chi connectivity index (χ2n) is 5.47. The van der Waals surface area contributed by atoms with E-state index in [1.165, 1.54) is 6.20 Å². The first-order valence-corrected chi connectivity index (χ1v) is 7.92. The van der Waals surface area contributed by atoms with Crippen LogP contribution in [-0.4, -0.2) is 10.9 Å². The first kappa shape index (κ1) is 17.0. The fraction of sp³-hybridized carbons (Fsp3) is 0.0500. The molecule has 26 heavy (non-hydrogen) atoms. The van der Waals surface area contributed by atoms with Crippen molar-refractivity contribution >= 4 is 11.7 Å². The number of nitrogen functional groups attached to an aromatic ring is 1. The van der Waals surface area contributed by atoms with Crippen molar-refractivity contribution in [2.24, 2.45) is 0 Å².